The molecule has 7 nitrogen and oxygen atoms in total. The van der Waals surface area contributed by atoms with Crippen molar-refractivity contribution in [3.05, 3.63) is 35.6 Å². The molecule has 3 rings (SSSR count). The summed E-state index contributed by atoms with van der Waals surface area (Å²) in [5, 5.41) is 18.6. The van der Waals surface area contributed by atoms with Gasteiger partial charge in [0.25, 0.3) is 0 Å². The first-order valence-corrected chi connectivity index (χ1v) is 8.37. The van der Waals surface area contributed by atoms with Crippen LogP contribution in [0.4, 0.5) is 0 Å². The van der Waals surface area contributed by atoms with Crippen LogP contribution >= 0.6 is 0 Å². The van der Waals surface area contributed by atoms with E-state index < -0.39 is 12.3 Å². The average Bonchev–Trinajstić information content (AvgIpc) is 3.07. The second-order valence-electron chi connectivity index (χ2n) is 5.95. The predicted octanol–water partition coefficient (Wildman–Crippen LogP) is 2.25. The number of rotatable bonds is 7. The minimum Gasteiger partial charge on any atom is -0.475 e. The van der Waals surface area contributed by atoms with Crippen LogP contribution in [0.2, 0.25) is 0 Å². The molecule has 0 saturated carbocycles. The zero-order valence-corrected chi connectivity index (χ0v) is 14.0. The molecule has 2 aliphatic heterocycles. The number of carbonyl (C=O) groups is 1. The van der Waals surface area contributed by atoms with Crippen molar-refractivity contribution in [2.45, 2.75) is 32.0 Å². The van der Waals surface area contributed by atoms with E-state index in [-0.39, 0.29) is 31.0 Å². The van der Waals surface area contributed by atoms with Gasteiger partial charge in [-0.25, -0.2) is 4.79 Å². The van der Waals surface area contributed by atoms with Crippen LogP contribution in [-0.4, -0.2) is 42.5 Å². The van der Waals surface area contributed by atoms with Crippen molar-refractivity contribution in [3.63, 3.8) is 0 Å². The molecule has 0 amide bonds. The van der Waals surface area contributed by atoms with Crippen LogP contribution < -0.4 is 9.47 Å². The molecule has 0 fully saturated rings. The van der Waals surface area contributed by atoms with Gasteiger partial charge in [0.2, 0.25) is 18.8 Å². The Kier molecular flexibility index (Phi) is 5.45. The van der Waals surface area contributed by atoms with E-state index in [0.29, 0.717) is 30.9 Å². The van der Waals surface area contributed by atoms with Crippen molar-refractivity contribution in [1.82, 2.24) is 0 Å². The molecule has 0 radical (unpaired) electrons. The van der Waals surface area contributed by atoms with Crippen molar-refractivity contribution in [1.29, 1.82) is 0 Å². The fraction of sp³-hybridized carbons (Fsp3) is 0.500. The van der Waals surface area contributed by atoms with E-state index in [1.54, 1.807) is 6.08 Å². The summed E-state index contributed by atoms with van der Waals surface area (Å²) in [6, 6.07) is 5.58. The third kappa shape index (κ3) is 3.72. The monoisotopic (exact) mass is 350 g/mol. The van der Waals surface area contributed by atoms with E-state index >= 15 is 0 Å². The lowest BCUT2D eigenvalue weighted by molar-refractivity contribution is -0.173. The molecule has 1 aromatic carbocycles. The molecule has 0 spiro atoms. The highest BCUT2D eigenvalue weighted by Gasteiger charge is 2.38. The van der Waals surface area contributed by atoms with Gasteiger partial charge in [-0.3, -0.25) is 0 Å². The largest absolute Gasteiger partial charge is 0.475 e. The fourth-order valence-electron chi connectivity index (χ4n) is 3.26. The van der Waals surface area contributed by atoms with E-state index in [2.05, 4.69) is 0 Å². The van der Waals surface area contributed by atoms with Gasteiger partial charge in [0.1, 0.15) is 0 Å². The van der Waals surface area contributed by atoms with Crippen molar-refractivity contribution in [3.8, 4) is 11.5 Å². The SMILES string of the molecule is CCO[C@H]1OC(C(=O)O)=C[C@@H](c2ccc3c(c2)OCO3)[C@@H]1CCCO. The summed E-state index contributed by atoms with van der Waals surface area (Å²) in [5.74, 6) is -0.278. The third-order valence-electron chi connectivity index (χ3n) is 4.40. The maximum Gasteiger partial charge on any atom is 0.370 e. The number of hydrogen-bond acceptors (Lipinski definition) is 6. The van der Waals surface area contributed by atoms with Crippen molar-refractivity contribution >= 4 is 5.97 Å². The summed E-state index contributed by atoms with van der Waals surface area (Å²) in [6.07, 6.45) is 2.15. The number of hydrogen-bond donors (Lipinski definition) is 2. The van der Waals surface area contributed by atoms with E-state index in [9.17, 15) is 15.0 Å². The molecule has 0 unspecified atom stereocenters. The highest BCUT2D eigenvalue weighted by Crippen LogP contribution is 2.42. The zero-order valence-electron chi connectivity index (χ0n) is 14.0. The fourth-order valence-corrected chi connectivity index (χ4v) is 3.26. The molecule has 2 heterocycles. The molecule has 136 valence electrons. The van der Waals surface area contributed by atoms with E-state index in [0.717, 1.165) is 5.56 Å². The van der Waals surface area contributed by atoms with Gasteiger partial charge >= 0.3 is 5.97 Å². The number of aliphatic hydroxyl groups excluding tert-OH is 1. The minimum atomic E-state index is -1.13. The Morgan fingerprint density at radius 3 is 2.84 bits per heavy atom. The second-order valence-corrected chi connectivity index (χ2v) is 5.95. The number of ether oxygens (including phenoxy) is 4. The van der Waals surface area contributed by atoms with Gasteiger partial charge in [-0.05, 0) is 43.5 Å². The molecule has 0 aromatic heterocycles. The second kappa shape index (κ2) is 7.76. The molecule has 2 N–H and O–H groups in total. The Labute approximate surface area is 145 Å². The smallest absolute Gasteiger partial charge is 0.370 e. The topological polar surface area (TPSA) is 94.5 Å². The first-order chi connectivity index (χ1) is 12.1. The lowest BCUT2D eigenvalue weighted by Crippen LogP contribution is -2.36. The van der Waals surface area contributed by atoms with Gasteiger partial charge in [-0.2, -0.15) is 0 Å². The number of carboxylic acid groups (broad SMARTS) is 1. The van der Waals surface area contributed by atoms with E-state index in [4.69, 9.17) is 18.9 Å². The predicted molar refractivity (Wildman–Crippen MR) is 87.3 cm³/mol. The number of fused-ring (bicyclic) bond motifs is 1. The lowest BCUT2D eigenvalue weighted by atomic mass is 9.80. The van der Waals surface area contributed by atoms with Gasteiger partial charge in [0.15, 0.2) is 11.5 Å². The van der Waals surface area contributed by atoms with Gasteiger partial charge in [0.05, 0.1) is 0 Å². The molecule has 0 aliphatic carbocycles. The maximum atomic E-state index is 11.5. The number of allylic oxidation sites excluding steroid dienone is 1. The highest BCUT2D eigenvalue weighted by molar-refractivity contribution is 5.84. The van der Waals surface area contributed by atoms with Crippen LogP contribution in [-0.2, 0) is 14.3 Å². The quantitative estimate of drug-likeness (QED) is 0.779. The summed E-state index contributed by atoms with van der Waals surface area (Å²) >= 11 is 0. The average molecular weight is 350 g/mol. The third-order valence-corrected chi connectivity index (χ3v) is 4.40. The van der Waals surface area contributed by atoms with Crippen LogP contribution in [0.5, 0.6) is 11.5 Å². The van der Waals surface area contributed by atoms with Gasteiger partial charge < -0.3 is 29.2 Å². The van der Waals surface area contributed by atoms with Gasteiger partial charge in [-0.15, -0.1) is 0 Å². The molecule has 1 aromatic rings. The van der Waals surface area contributed by atoms with Crippen molar-refractivity contribution in [2.24, 2.45) is 5.92 Å². The normalized spacial score (nSPS) is 24.6. The molecule has 25 heavy (non-hydrogen) atoms. The first-order valence-electron chi connectivity index (χ1n) is 8.37. The Hall–Kier alpha value is -2.25. The van der Waals surface area contributed by atoms with E-state index in [1.807, 2.05) is 25.1 Å². The lowest BCUT2D eigenvalue weighted by Gasteiger charge is -2.36. The zero-order chi connectivity index (χ0) is 17.8. The molecule has 7 heteroatoms. The number of carboxylic acids is 1. The van der Waals surface area contributed by atoms with Gasteiger partial charge in [-0.1, -0.05) is 6.07 Å². The molecule has 3 atom stereocenters. The Bertz CT molecular complexity index is 655. The van der Waals surface area contributed by atoms with E-state index in [1.165, 1.54) is 0 Å². The summed E-state index contributed by atoms with van der Waals surface area (Å²) in [5.41, 5.74) is 0.902. The molecular formula is C18H22O7. The van der Waals surface area contributed by atoms with Crippen molar-refractivity contribution < 1.29 is 34.0 Å². The molecule has 0 saturated heterocycles. The Morgan fingerprint density at radius 1 is 1.32 bits per heavy atom. The maximum absolute atomic E-state index is 11.5. The van der Waals surface area contributed by atoms with Crippen molar-refractivity contribution in [2.75, 3.05) is 20.0 Å². The summed E-state index contributed by atoms with van der Waals surface area (Å²) in [7, 11) is 0. The van der Waals surface area contributed by atoms with Crippen LogP contribution in [0.15, 0.2) is 30.0 Å². The Morgan fingerprint density at radius 2 is 2.12 bits per heavy atom. The Balaban J connectivity index is 1.97. The highest BCUT2D eigenvalue weighted by atomic mass is 16.7. The molecule has 0 bridgehead atoms. The molecular weight excluding hydrogens is 328 g/mol. The number of benzene rings is 1. The minimum absolute atomic E-state index is 0.0543. The number of aliphatic hydroxyl groups is 1. The standard InChI is InChI=1S/C18H22O7/c1-2-22-18-12(4-3-7-19)13(9-16(25-18)17(20)21)11-5-6-14-15(8-11)24-10-23-14/h5-6,8-9,12-13,18-19H,2-4,7,10H2,1H3,(H,20,21)/t12-,13-,18-/m0/s1. The molecule has 2 aliphatic rings. The van der Waals surface area contributed by atoms with Crippen LogP contribution in [0.3, 0.4) is 0 Å². The van der Waals surface area contributed by atoms with Crippen LogP contribution in [0.1, 0.15) is 31.2 Å². The summed E-state index contributed by atoms with van der Waals surface area (Å²) in [4.78, 5) is 11.5. The summed E-state index contributed by atoms with van der Waals surface area (Å²) in [6.45, 7) is 2.47. The van der Waals surface area contributed by atoms with Crippen LogP contribution in [0, 0.1) is 5.92 Å². The first kappa shape index (κ1) is 17.6. The number of aliphatic carboxylic acids is 1. The van der Waals surface area contributed by atoms with Crippen LogP contribution in [0.25, 0.3) is 0 Å². The van der Waals surface area contributed by atoms with Gasteiger partial charge in [0, 0.05) is 25.0 Å². The summed E-state index contributed by atoms with van der Waals surface area (Å²) < 4.78 is 22.0.